The summed E-state index contributed by atoms with van der Waals surface area (Å²) in [5.74, 6) is -0.166. The molecule has 2 rings (SSSR count). The predicted octanol–water partition coefficient (Wildman–Crippen LogP) is 1.40. The molecule has 0 radical (unpaired) electrons. The van der Waals surface area contributed by atoms with E-state index in [0.29, 0.717) is 18.1 Å². The molecule has 0 amide bonds. The van der Waals surface area contributed by atoms with Gasteiger partial charge in [0.1, 0.15) is 11.5 Å². The number of carbonyl (C=O) groups excluding carboxylic acids is 1. The van der Waals surface area contributed by atoms with E-state index in [1.807, 2.05) is 19.1 Å². The molecule has 16 heavy (non-hydrogen) atoms. The van der Waals surface area contributed by atoms with E-state index in [1.54, 1.807) is 17.5 Å². The highest BCUT2D eigenvalue weighted by molar-refractivity contribution is 5.93. The lowest BCUT2D eigenvalue weighted by atomic mass is 10.3. The molecule has 5 nitrogen and oxygen atoms in total. The summed E-state index contributed by atoms with van der Waals surface area (Å²) >= 11 is 0. The average molecular weight is 219 g/mol. The van der Waals surface area contributed by atoms with Gasteiger partial charge in [0.2, 0.25) is 0 Å². The number of anilines is 1. The normalized spacial score (nSPS) is 10.6. The van der Waals surface area contributed by atoms with Crippen LogP contribution in [0.2, 0.25) is 0 Å². The molecule has 2 aromatic rings. The minimum absolute atomic E-state index is 0.177. The summed E-state index contributed by atoms with van der Waals surface area (Å²) in [7, 11) is 0. The van der Waals surface area contributed by atoms with Gasteiger partial charge < -0.3 is 10.5 Å². The van der Waals surface area contributed by atoms with Gasteiger partial charge in [-0.3, -0.25) is 4.40 Å². The molecule has 5 heteroatoms. The first-order valence-corrected chi connectivity index (χ1v) is 5.05. The fraction of sp³-hybridized carbons (Fsp3) is 0.273. The molecule has 0 fully saturated rings. The maximum absolute atomic E-state index is 11.6. The third-order valence-electron chi connectivity index (χ3n) is 2.35. The van der Waals surface area contributed by atoms with Crippen LogP contribution in [0.15, 0.2) is 18.3 Å². The van der Waals surface area contributed by atoms with Crippen LogP contribution < -0.4 is 5.73 Å². The Labute approximate surface area is 92.8 Å². The van der Waals surface area contributed by atoms with Gasteiger partial charge in [-0.25, -0.2) is 9.78 Å². The number of carbonyl (C=O) groups is 1. The Morgan fingerprint density at radius 3 is 3.00 bits per heavy atom. The molecule has 0 bridgehead atoms. The lowest BCUT2D eigenvalue weighted by Gasteiger charge is -1.99. The number of aromatic nitrogens is 2. The van der Waals surface area contributed by atoms with Crippen LogP contribution in [0.4, 0.5) is 5.82 Å². The van der Waals surface area contributed by atoms with Gasteiger partial charge in [-0.15, -0.1) is 0 Å². The third kappa shape index (κ3) is 1.50. The summed E-state index contributed by atoms with van der Waals surface area (Å²) in [5.41, 5.74) is 7.66. The van der Waals surface area contributed by atoms with Crippen molar-refractivity contribution in [3.05, 3.63) is 29.6 Å². The molecule has 0 atom stereocenters. The first-order valence-electron chi connectivity index (χ1n) is 5.05. The SMILES string of the molecule is CCOC(=O)c1nc2c(C)cccn2c1N. The van der Waals surface area contributed by atoms with E-state index in [4.69, 9.17) is 10.5 Å². The number of fused-ring (bicyclic) bond motifs is 1. The molecular weight excluding hydrogens is 206 g/mol. The minimum Gasteiger partial charge on any atom is -0.461 e. The topological polar surface area (TPSA) is 69.6 Å². The molecule has 0 spiro atoms. The third-order valence-corrected chi connectivity index (χ3v) is 2.35. The van der Waals surface area contributed by atoms with Gasteiger partial charge in [0, 0.05) is 6.20 Å². The van der Waals surface area contributed by atoms with Gasteiger partial charge in [-0.1, -0.05) is 6.07 Å². The lowest BCUT2D eigenvalue weighted by Crippen LogP contribution is -2.08. The van der Waals surface area contributed by atoms with Crippen LogP contribution in [-0.2, 0) is 4.74 Å². The largest absolute Gasteiger partial charge is 0.461 e. The summed E-state index contributed by atoms with van der Waals surface area (Å²) in [4.78, 5) is 15.8. The van der Waals surface area contributed by atoms with Gasteiger partial charge in [0.05, 0.1) is 6.61 Å². The van der Waals surface area contributed by atoms with Gasteiger partial charge in [0.25, 0.3) is 0 Å². The average Bonchev–Trinajstić information content (AvgIpc) is 2.59. The number of esters is 1. The number of pyridine rings is 1. The fourth-order valence-corrected chi connectivity index (χ4v) is 1.57. The van der Waals surface area contributed by atoms with Gasteiger partial charge >= 0.3 is 5.97 Å². The van der Waals surface area contributed by atoms with E-state index in [2.05, 4.69) is 4.98 Å². The Morgan fingerprint density at radius 2 is 2.38 bits per heavy atom. The van der Waals surface area contributed by atoms with E-state index in [1.165, 1.54) is 0 Å². The highest BCUT2D eigenvalue weighted by atomic mass is 16.5. The summed E-state index contributed by atoms with van der Waals surface area (Å²) in [6.45, 7) is 3.97. The minimum atomic E-state index is -0.483. The highest BCUT2D eigenvalue weighted by Crippen LogP contribution is 2.18. The van der Waals surface area contributed by atoms with Crippen LogP contribution in [0.1, 0.15) is 23.0 Å². The maximum Gasteiger partial charge on any atom is 0.360 e. The zero-order valence-corrected chi connectivity index (χ0v) is 9.23. The molecule has 2 N–H and O–H groups in total. The van der Waals surface area contributed by atoms with Crippen molar-refractivity contribution in [2.24, 2.45) is 0 Å². The molecule has 0 aromatic carbocycles. The molecular formula is C11H13N3O2. The van der Waals surface area contributed by atoms with Crippen molar-refractivity contribution in [1.82, 2.24) is 9.38 Å². The van der Waals surface area contributed by atoms with Crippen LogP contribution in [-0.4, -0.2) is 22.0 Å². The van der Waals surface area contributed by atoms with Gasteiger partial charge in [0.15, 0.2) is 5.69 Å². The second-order valence-corrected chi connectivity index (χ2v) is 3.45. The Morgan fingerprint density at radius 1 is 1.62 bits per heavy atom. The molecule has 2 aromatic heterocycles. The first-order chi connectivity index (χ1) is 7.65. The number of hydrogen-bond acceptors (Lipinski definition) is 4. The number of nitrogens with zero attached hydrogens (tertiary/aromatic N) is 2. The molecule has 0 aliphatic rings. The predicted molar refractivity (Wildman–Crippen MR) is 60.3 cm³/mol. The van der Waals surface area contributed by atoms with Crippen molar-refractivity contribution in [2.45, 2.75) is 13.8 Å². The second kappa shape index (κ2) is 3.84. The van der Waals surface area contributed by atoms with Crippen molar-refractivity contribution < 1.29 is 9.53 Å². The van der Waals surface area contributed by atoms with Crippen LogP contribution in [0.3, 0.4) is 0 Å². The van der Waals surface area contributed by atoms with E-state index in [0.717, 1.165) is 5.56 Å². The number of aryl methyl sites for hydroxylation is 1. The molecule has 0 saturated carbocycles. The van der Waals surface area contributed by atoms with Crippen LogP contribution in [0.25, 0.3) is 5.65 Å². The van der Waals surface area contributed by atoms with Crippen molar-refractivity contribution in [3.8, 4) is 0 Å². The van der Waals surface area contributed by atoms with E-state index < -0.39 is 5.97 Å². The molecule has 0 unspecified atom stereocenters. The number of nitrogens with two attached hydrogens (primary N) is 1. The standard InChI is InChI=1S/C11H13N3O2/c1-3-16-11(15)8-9(12)14-6-4-5-7(2)10(14)13-8/h4-6H,3,12H2,1-2H3. The number of ether oxygens (including phenoxy) is 1. The summed E-state index contributed by atoms with van der Waals surface area (Å²) in [6.07, 6.45) is 1.77. The monoisotopic (exact) mass is 219 g/mol. The van der Waals surface area contributed by atoms with E-state index in [9.17, 15) is 4.79 Å². The van der Waals surface area contributed by atoms with Gasteiger partial charge in [-0.2, -0.15) is 0 Å². The highest BCUT2D eigenvalue weighted by Gasteiger charge is 2.18. The van der Waals surface area contributed by atoms with Gasteiger partial charge in [-0.05, 0) is 25.5 Å². The van der Waals surface area contributed by atoms with E-state index >= 15 is 0 Å². The first kappa shape index (κ1) is 10.5. The Hall–Kier alpha value is -2.04. The number of hydrogen-bond donors (Lipinski definition) is 1. The molecule has 84 valence electrons. The Kier molecular flexibility index (Phi) is 2.52. The maximum atomic E-state index is 11.6. The van der Waals surface area contributed by atoms with Crippen molar-refractivity contribution in [3.63, 3.8) is 0 Å². The molecule has 0 aliphatic carbocycles. The summed E-state index contributed by atoms with van der Waals surface area (Å²) in [5, 5.41) is 0. The second-order valence-electron chi connectivity index (χ2n) is 3.45. The van der Waals surface area contributed by atoms with Crippen molar-refractivity contribution in [2.75, 3.05) is 12.3 Å². The van der Waals surface area contributed by atoms with Crippen LogP contribution >= 0.6 is 0 Å². The Balaban J connectivity index is 2.60. The van der Waals surface area contributed by atoms with Crippen LogP contribution in [0, 0.1) is 6.92 Å². The smallest absolute Gasteiger partial charge is 0.360 e. The fourth-order valence-electron chi connectivity index (χ4n) is 1.57. The van der Waals surface area contributed by atoms with E-state index in [-0.39, 0.29) is 5.69 Å². The lowest BCUT2D eigenvalue weighted by molar-refractivity contribution is 0.0521. The zero-order chi connectivity index (χ0) is 11.7. The Bertz CT molecular complexity index is 545. The quantitative estimate of drug-likeness (QED) is 0.775. The molecule has 0 saturated heterocycles. The summed E-state index contributed by atoms with van der Waals surface area (Å²) in [6, 6.07) is 3.77. The number of rotatable bonds is 2. The number of nitrogen functional groups attached to an aromatic ring is 1. The number of imidazole rings is 1. The zero-order valence-electron chi connectivity index (χ0n) is 9.23. The summed E-state index contributed by atoms with van der Waals surface area (Å²) < 4.78 is 6.57. The van der Waals surface area contributed by atoms with Crippen molar-refractivity contribution in [1.29, 1.82) is 0 Å². The molecule has 0 aliphatic heterocycles. The molecule has 2 heterocycles. The van der Waals surface area contributed by atoms with Crippen molar-refractivity contribution >= 4 is 17.4 Å². The van der Waals surface area contributed by atoms with Crippen LogP contribution in [0.5, 0.6) is 0 Å².